The molecular formula is C9H17N3O. The third kappa shape index (κ3) is 3.55. The van der Waals surface area contributed by atoms with E-state index in [0.29, 0.717) is 11.1 Å². The van der Waals surface area contributed by atoms with Gasteiger partial charge in [-0.25, -0.2) is 0 Å². The van der Waals surface area contributed by atoms with Crippen LogP contribution in [0.1, 0.15) is 32.9 Å². The molecule has 0 unspecified atom stereocenters. The molecule has 4 nitrogen and oxygen atoms in total. The van der Waals surface area contributed by atoms with Crippen molar-refractivity contribution in [1.82, 2.24) is 15.0 Å². The number of aryl methyl sites for hydroxylation is 1. The highest BCUT2D eigenvalue weighted by Gasteiger charge is 2.10. The van der Waals surface area contributed by atoms with Crippen LogP contribution >= 0.6 is 0 Å². The van der Waals surface area contributed by atoms with E-state index in [1.165, 1.54) is 0 Å². The van der Waals surface area contributed by atoms with Crippen LogP contribution in [0.5, 0.6) is 0 Å². The maximum absolute atomic E-state index is 8.76. The molecule has 4 heteroatoms. The van der Waals surface area contributed by atoms with E-state index in [1.807, 2.05) is 0 Å². The van der Waals surface area contributed by atoms with Gasteiger partial charge in [0.1, 0.15) is 5.69 Å². The number of aliphatic hydroxyl groups excluding tert-OH is 1. The predicted molar refractivity (Wildman–Crippen MR) is 50.0 cm³/mol. The van der Waals surface area contributed by atoms with Gasteiger partial charge in [-0.2, -0.15) is 0 Å². The third-order valence-corrected chi connectivity index (χ3v) is 1.84. The van der Waals surface area contributed by atoms with Crippen LogP contribution in [-0.4, -0.2) is 20.1 Å². The molecule has 0 aliphatic carbocycles. The van der Waals surface area contributed by atoms with E-state index in [1.54, 1.807) is 10.9 Å². The Morgan fingerprint density at radius 1 is 1.46 bits per heavy atom. The van der Waals surface area contributed by atoms with Crippen LogP contribution in [0.4, 0.5) is 0 Å². The van der Waals surface area contributed by atoms with Crippen LogP contribution in [0.3, 0.4) is 0 Å². The minimum Gasteiger partial charge on any atom is -0.390 e. The fourth-order valence-electron chi connectivity index (χ4n) is 0.970. The van der Waals surface area contributed by atoms with Gasteiger partial charge in [0.05, 0.1) is 12.8 Å². The average Bonchev–Trinajstić information content (AvgIpc) is 2.47. The Kier molecular flexibility index (Phi) is 3.03. The topological polar surface area (TPSA) is 50.9 Å². The zero-order valence-electron chi connectivity index (χ0n) is 8.49. The van der Waals surface area contributed by atoms with E-state index >= 15 is 0 Å². The molecule has 0 spiro atoms. The lowest BCUT2D eigenvalue weighted by atomic mass is 9.92. The van der Waals surface area contributed by atoms with Gasteiger partial charge in [-0.15, -0.1) is 5.10 Å². The van der Waals surface area contributed by atoms with Gasteiger partial charge in [-0.05, 0) is 11.8 Å². The Morgan fingerprint density at radius 2 is 2.15 bits per heavy atom. The summed E-state index contributed by atoms with van der Waals surface area (Å²) in [5.74, 6) is 0. The average molecular weight is 183 g/mol. The molecule has 0 saturated carbocycles. The van der Waals surface area contributed by atoms with E-state index in [4.69, 9.17) is 5.11 Å². The van der Waals surface area contributed by atoms with Crippen molar-refractivity contribution in [3.05, 3.63) is 11.9 Å². The minimum atomic E-state index is -0.0322. The molecule has 0 saturated heterocycles. The zero-order valence-corrected chi connectivity index (χ0v) is 8.49. The monoisotopic (exact) mass is 183 g/mol. The van der Waals surface area contributed by atoms with Crippen molar-refractivity contribution in [1.29, 1.82) is 0 Å². The largest absolute Gasteiger partial charge is 0.390 e. The highest BCUT2D eigenvalue weighted by molar-refractivity contribution is 4.88. The molecule has 1 heterocycles. The van der Waals surface area contributed by atoms with Gasteiger partial charge in [-0.3, -0.25) is 4.68 Å². The van der Waals surface area contributed by atoms with Crippen molar-refractivity contribution >= 4 is 0 Å². The predicted octanol–water partition coefficient (Wildman–Crippen LogP) is 1.21. The van der Waals surface area contributed by atoms with E-state index < -0.39 is 0 Å². The molecule has 0 aliphatic rings. The highest BCUT2D eigenvalue weighted by atomic mass is 16.3. The number of aromatic nitrogens is 3. The number of hydrogen-bond acceptors (Lipinski definition) is 3. The maximum atomic E-state index is 8.76. The Hall–Kier alpha value is -0.900. The molecule has 1 aromatic rings. The lowest BCUT2D eigenvalue weighted by Crippen LogP contribution is -2.10. The quantitative estimate of drug-likeness (QED) is 0.766. The van der Waals surface area contributed by atoms with Gasteiger partial charge < -0.3 is 5.11 Å². The summed E-state index contributed by atoms with van der Waals surface area (Å²) in [6.07, 6.45) is 2.84. The van der Waals surface area contributed by atoms with Crippen LogP contribution in [0, 0.1) is 5.41 Å². The fourth-order valence-corrected chi connectivity index (χ4v) is 0.970. The molecule has 0 fully saturated rings. The first-order chi connectivity index (χ1) is 6.01. The molecule has 0 aliphatic heterocycles. The maximum Gasteiger partial charge on any atom is 0.108 e. The number of rotatable bonds is 3. The second kappa shape index (κ2) is 3.87. The SMILES string of the molecule is CC(C)(C)CCn1cc(CO)nn1. The first-order valence-corrected chi connectivity index (χ1v) is 4.51. The van der Waals surface area contributed by atoms with Gasteiger partial charge in [0, 0.05) is 6.54 Å². The molecular weight excluding hydrogens is 166 g/mol. The van der Waals surface area contributed by atoms with Crippen LogP contribution in [-0.2, 0) is 13.2 Å². The Morgan fingerprint density at radius 3 is 2.62 bits per heavy atom. The minimum absolute atomic E-state index is 0.0322. The van der Waals surface area contributed by atoms with Gasteiger partial charge in [0.15, 0.2) is 0 Å². The molecule has 13 heavy (non-hydrogen) atoms. The molecule has 74 valence electrons. The van der Waals surface area contributed by atoms with Gasteiger partial charge >= 0.3 is 0 Å². The lowest BCUT2D eigenvalue weighted by Gasteiger charge is -2.17. The van der Waals surface area contributed by atoms with Crippen LogP contribution < -0.4 is 0 Å². The zero-order chi connectivity index (χ0) is 9.90. The molecule has 0 aromatic carbocycles. The summed E-state index contributed by atoms with van der Waals surface area (Å²) < 4.78 is 1.77. The van der Waals surface area contributed by atoms with Crippen LogP contribution in [0.15, 0.2) is 6.20 Å². The second-order valence-corrected chi connectivity index (χ2v) is 4.44. The van der Waals surface area contributed by atoms with Crippen LogP contribution in [0.25, 0.3) is 0 Å². The van der Waals surface area contributed by atoms with Crippen molar-refractivity contribution < 1.29 is 5.11 Å². The van der Waals surface area contributed by atoms with Gasteiger partial charge in [0.2, 0.25) is 0 Å². The molecule has 0 amide bonds. The molecule has 0 atom stereocenters. The van der Waals surface area contributed by atoms with Crippen molar-refractivity contribution in [3.8, 4) is 0 Å². The number of aliphatic hydroxyl groups is 1. The normalized spacial score (nSPS) is 12.0. The number of nitrogens with zero attached hydrogens (tertiary/aromatic N) is 3. The van der Waals surface area contributed by atoms with Crippen molar-refractivity contribution in [3.63, 3.8) is 0 Å². The summed E-state index contributed by atoms with van der Waals surface area (Å²) in [6.45, 7) is 7.40. The third-order valence-electron chi connectivity index (χ3n) is 1.84. The van der Waals surface area contributed by atoms with E-state index in [2.05, 4.69) is 31.1 Å². The summed E-state index contributed by atoms with van der Waals surface area (Å²) >= 11 is 0. The first-order valence-electron chi connectivity index (χ1n) is 4.51. The molecule has 0 bridgehead atoms. The highest BCUT2D eigenvalue weighted by Crippen LogP contribution is 2.18. The fraction of sp³-hybridized carbons (Fsp3) is 0.778. The second-order valence-electron chi connectivity index (χ2n) is 4.44. The summed E-state index contributed by atoms with van der Waals surface area (Å²) in [4.78, 5) is 0. The number of hydrogen-bond donors (Lipinski definition) is 1. The van der Waals surface area contributed by atoms with E-state index in [-0.39, 0.29) is 6.61 Å². The van der Waals surface area contributed by atoms with Gasteiger partial charge in [-0.1, -0.05) is 26.0 Å². The first kappa shape index (κ1) is 10.2. The van der Waals surface area contributed by atoms with Crippen LogP contribution in [0.2, 0.25) is 0 Å². The standard InChI is InChI=1S/C9H17N3O/c1-9(2,3)4-5-12-6-8(7-13)10-11-12/h6,13H,4-5,7H2,1-3H3. The van der Waals surface area contributed by atoms with E-state index in [9.17, 15) is 0 Å². The molecule has 1 N–H and O–H groups in total. The molecule has 1 rings (SSSR count). The Labute approximate surface area is 78.6 Å². The van der Waals surface area contributed by atoms with Crippen molar-refractivity contribution in [2.75, 3.05) is 0 Å². The summed E-state index contributed by atoms with van der Waals surface area (Å²) in [6, 6.07) is 0. The summed E-state index contributed by atoms with van der Waals surface area (Å²) in [7, 11) is 0. The summed E-state index contributed by atoms with van der Waals surface area (Å²) in [5, 5.41) is 16.5. The Balaban J connectivity index is 2.46. The van der Waals surface area contributed by atoms with Crippen molar-refractivity contribution in [2.24, 2.45) is 5.41 Å². The van der Waals surface area contributed by atoms with Gasteiger partial charge in [0.25, 0.3) is 0 Å². The smallest absolute Gasteiger partial charge is 0.108 e. The molecule has 1 aromatic heterocycles. The van der Waals surface area contributed by atoms with E-state index in [0.717, 1.165) is 13.0 Å². The lowest BCUT2D eigenvalue weighted by molar-refractivity contribution is 0.276. The Bertz CT molecular complexity index is 262. The molecule has 0 radical (unpaired) electrons. The summed E-state index contributed by atoms with van der Waals surface area (Å²) in [5.41, 5.74) is 0.944. The van der Waals surface area contributed by atoms with Crippen molar-refractivity contribution in [2.45, 2.75) is 40.3 Å².